The highest BCUT2D eigenvalue weighted by Gasteiger charge is 2.17. The summed E-state index contributed by atoms with van der Waals surface area (Å²) in [6.07, 6.45) is 2.76. The molecule has 0 saturated carbocycles. The molecule has 0 aliphatic carbocycles. The van der Waals surface area contributed by atoms with Crippen molar-refractivity contribution in [3.8, 4) is 17.1 Å². The van der Waals surface area contributed by atoms with E-state index in [2.05, 4.69) is 30.6 Å². The van der Waals surface area contributed by atoms with Crippen LogP contribution in [-0.2, 0) is 10.0 Å². The number of phenols is 1. The van der Waals surface area contributed by atoms with Crippen molar-refractivity contribution >= 4 is 43.0 Å². The molecule has 3 rings (SSSR count). The molecule has 0 radical (unpaired) electrons. The molecule has 3 aromatic rings. The SMILES string of the molecule is O=S(=O)(Nc1cnc(-c2cccc(O)c2)nc1)c1ccc(Br)s1. The lowest BCUT2D eigenvalue weighted by molar-refractivity contribution is 0.475. The van der Waals surface area contributed by atoms with Crippen molar-refractivity contribution in [1.82, 2.24) is 9.97 Å². The number of sulfonamides is 1. The standard InChI is InChI=1S/C14H10BrN3O3S2/c15-12-4-5-13(22-12)23(20,21)18-10-7-16-14(17-8-10)9-2-1-3-11(19)6-9/h1-8,18-19H. The average molecular weight is 412 g/mol. The number of nitrogens with zero attached hydrogens (tertiary/aromatic N) is 2. The highest BCUT2D eigenvalue weighted by molar-refractivity contribution is 9.11. The monoisotopic (exact) mass is 411 g/mol. The molecule has 0 amide bonds. The van der Waals surface area contributed by atoms with Crippen LogP contribution in [0.15, 0.2) is 56.8 Å². The number of halogens is 1. The van der Waals surface area contributed by atoms with Gasteiger partial charge in [0.15, 0.2) is 5.82 Å². The smallest absolute Gasteiger partial charge is 0.271 e. The van der Waals surface area contributed by atoms with E-state index in [9.17, 15) is 13.5 Å². The number of phenolic OH excluding ortho intramolecular Hbond substituents is 1. The van der Waals surface area contributed by atoms with Gasteiger partial charge in [0, 0.05) is 5.56 Å². The minimum Gasteiger partial charge on any atom is -0.508 e. The van der Waals surface area contributed by atoms with Gasteiger partial charge in [-0.15, -0.1) is 11.3 Å². The molecule has 23 heavy (non-hydrogen) atoms. The third-order valence-electron chi connectivity index (χ3n) is 2.82. The van der Waals surface area contributed by atoms with Crippen LogP contribution < -0.4 is 4.72 Å². The summed E-state index contributed by atoms with van der Waals surface area (Å²) in [4.78, 5) is 8.24. The van der Waals surface area contributed by atoms with Gasteiger partial charge in [-0.05, 0) is 40.2 Å². The van der Waals surface area contributed by atoms with Crippen molar-refractivity contribution in [2.45, 2.75) is 4.21 Å². The highest BCUT2D eigenvalue weighted by atomic mass is 79.9. The zero-order chi connectivity index (χ0) is 16.4. The summed E-state index contributed by atoms with van der Waals surface area (Å²) in [5, 5.41) is 9.46. The molecular weight excluding hydrogens is 402 g/mol. The van der Waals surface area contributed by atoms with Crippen LogP contribution in [0.3, 0.4) is 0 Å². The minimum atomic E-state index is -3.66. The Morgan fingerprint density at radius 2 is 1.87 bits per heavy atom. The van der Waals surface area contributed by atoms with E-state index in [1.54, 1.807) is 24.3 Å². The van der Waals surface area contributed by atoms with E-state index in [-0.39, 0.29) is 15.6 Å². The first-order valence-corrected chi connectivity index (χ1v) is 9.43. The van der Waals surface area contributed by atoms with Crippen LogP contribution in [0.4, 0.5) is 5.69 Å². The predicted octanol–water partition coefficient (Wildman–Crippen LogP) is 3.47. The van der Waals surface area contributed by atoms with Crippen LogP contribution in [0, 0.1) is 0 Å². The largest absolute Gasteiger partial charge is 0.508 e. The Hall–Kier alpha value is -1.97. The second kappa shape index (κ2) is 6.26. The first-order valence-electron chi connectivity index (χ1n) is 6.34. The molecule has 0 aliphatic heterocycles. The predicted molar refractivity (Wildman–Crippen MR) is 92.0 cm³/mol. The van der Waals surface area contributed by atoms with Crippen molar-refractivity contribution in [2.75, 3.05) is 4.72 Å². The molecule has 0 aliphatic rings. The zero-order valence-electron chi connectivity index (χ0n) is 11.5. The summed E-state index contributed by atoms with van der Waals surface area (Å²) >= 11 is 4.35. The van der Waals surface area contributed by atoms with Crippen LogP contribution in [0.1, 0.15) is 0 Å². The molecule has 118 valence electrons. The Bertz CT molecular complexity index is 940. The molecule has 0 unspecified atom stereocenters. The number of nitrogens with one attached hydrogen (secondary N) is 1. The lowest BCUT2D eigenvalue weighted by Crippen LogP contribution is -2.12. The summed E-state index contributed by atoms with van der Waals surface area (Å²) < 4.78 is 27.8. The molecule has 2 aromatic heterocycles. The zero-order valence-corrected chi connectivity index (χ0v) is 14.7. The molecule has 0 fully saturated rings. The summed E-state index contributed by atoms with van der Waals surface area (Å²) in [5.41, 5.74) is 0.903. The van der Waals surface area contributed by atoms with Crippen molar-refractivity contribution in [3.05, 3.63) is 52.6 Å². The van der Waals surface area contributed by atoms with Gasteiger partial charge in [-0.25, -0.2) is 18.4 Å². The van der Waals surface area contributed by atoms with Crippen LogP contribution in [0.5, 0.6) is 5.75 Å². The van der Waals surface area contributed by atoms with Gasteiger partial charge in [0.05, 0.1) is 21.9 Å². The normalized spacial score (nSPS) is 11.3. The Morgan fingerprint density at radius 1 is 1.13 bits per heavy atom. The molecule has 2 heterocycles. The third-order valence-corrected chi connectivity index (χ3v) is 6.32. The fraction of sp³-hybridized carbons (Fsp3) is 0. The van der Waals surface area contributed by atoms with Gasteiger partial charge in [-0.1, -0.05) is 12.1 Å². The number of aromatic hydroxyl groups is 1. The van der Waals surface area contributed by atoms with Crippen molar-refractivity contribution in [1.29, 1.82) is 0 Å². The van der Waals surface area contributed by atoms with E-state index < -0.39 is 10.0 Å². The maximum absolute atomic E-state index is 12.2. The molecule has 0 bridgehead atoms. The van der Waals surface area contributed by atoms with Gasteiger partial charge in [-0.3, -0.25) is 4.72 Å². The Labute approximate surface area is 145 Å². The van der Waals surface area contributed by atoms with E-state index in [1.165, 1.54) is 24.5 Å². The van der Waals surface area contributed by atoms with Crippen molar-refractivity contribution in [3.63, 3.8) is 0 Å². The van der Waals surface area contributed by atoms with Gasteiger partial charge < -0.3 is 5.11 Å². The number of hydrogen-bond donors (Lipinski definition) is 2. The van der Waals surface area contributed by atoms with Gasteiger partial charge >= 0.3 is 0 Å². The molecule has 2 N–H and O–H groups in total. The Morgan fingerprint density at radius 3 is 2.48 bits per heavy atom. The molecule has 0 saturated heterocycles. The van der Waals surface area contributed by atoms with E-state index in [1.807, 2.05) is 0 Å². The van der Waals surface area contributed by atoms with Gasteiger partial charge in [-0.2, -0.15) is 0 Å². The molecule has 0 atom stereocenters. The molecule has 9 heteroatoms. The molecular formula is C14H10BrN3O3S2. The number of thiophene rings is 1. The van der Waals surface area contributed by atoms with E-state index in [0.717, 1.165) is 15.1 Å². The second-order valence-corrected chi connectivity index (χ2v) is 8.88. The summed E-state index contributed by atoms with van der Waals surface area (Å²) in [7, 11) is -3.66. The maximum atomic E-state index is 12.2. The van der Waals surface area contributed by atoms with E-state index in [4.69, 9.17) is 0 Å². The van der Waals surface area contributed by atoms with Crippen molar-refractivity contribution < 1.29 is 13.5 Å². The molecule has 0 spiro atoms. The third kappa shape index (κ3) is 3.69. The first-order chi connectivity index (χ1) is 10.9. The summed E-state index contributed by atoms with van der Waals surface area (Å²) in [6, 6.07) is 9.69. The van der Waals surface area contributed by atoms with Gasteiger partial charge in [0.1, 0.15) is 9.96 Å². The lowest BCUT2D eigenvalue weighted by Gasteiger charge is -2.06. The van der Waals surface area contributed by atoms with Crippen LogP contribution in [0.2, 0.25) is 0 Å². The number of rotatable bonds is 4. The Balaban J connectivity index is 1.83. The fourth-order valence-electron chi connectivity index (χ4n) is 1.82. The molecule has 1 aromatic carbocycles. The van der Waals surface area contributed by atoms with Gasteiger partial charge in [0.2, 0.25) is 0 Å². The van der Waals surface area contributed by atoms with Crippen LogP contribution in [0.25, 0.3) is 11.4 Å². The van der Waals surface area contributed by atoms with E-state index in [0.29, 0.717) is 11.4 Å². The number of aromatic nitrogens is 2. The van der Waals surface area contributed by atoms with E-state index >= 15 is 0 Å². The number of hydrogen-bond acceptors (Lipinski definition) is 6. The lowest BCUT2D eigenvalue weighted by atomic mass is 10.2. The topological polar surface area (TPSA) is 92.2 Å². The quantitative estimate of drug-likeness (QED) is 0.685. The summed E-state index contributed by atoms with van der Waals surface area (Å²) in [5.74, 6) is 0.502. The summed E-state index contributed by atoms with van der Waals surface area (Å²) in [6.45, 7) is 0. The maximum Gasteiger partial charge on any atom is 0.271 e. The first kappa shape index (κ1) is 15.9. The average Bonchev–Trinajstić information content (AvgIpc) is 2.95. The number of anilines is 1. The highest BCUT2D eigenvalue weighted by Crippen LogP contribution is 2.27. The van der Waals surface area contributed by atoms with Gasteiger partial charge in [0.25, 0.3) is 10.0 Å². The van der Waals surface area contributed by atoms with Crippen LogP contribution >= 0.6 is 27.3 Å². The number of benzene rings is 1. The fourth-order valence-corrected chi connectivity index (χ4v) is 4.86. The Kier molecular flexibility index (Phi) is 4.33. The molecule has 6 nitrogen and oxygen atoms in total. The van der Waals surface area contributed by atoms with Crippen molar-refractivity contribution in [2.24, 2.45) is 0 Å². The van der Waals surface area contributed by atoms with Crippen LogP contribution in [-0.4, -0.2) is 23.5 Å². The minimum absolute atomic E-state index is 0.110. The second-order valence-electron chi connectivity index (χ2n) is 4.51.